The van der Waals surface area contributed by atoms with Crippen molar-refractivity contribution in [3.63, 3.8) is 0 Å². The summed E-state index contributed by atoms with van der Waals surface area (Å²) < 4.78 is 5.39. The SMILES string of the molecule is CCC(C)C(N)C(=O)N1CCC(CN2CCOCC2)CC1. The van der Waals surface area contributed by atoms with Crippen molar-refractivity contribution in [1.29, 1.82) is 0 Å². The molecule has 2 N–H and O–H groups in total. The number of likely N-dealkylation sites (tertiary alicyclic amines) is 1. The Morgan fingerprint density at radius 1 is 1.24 bits per heavy atom. The average molecular weight is 297 g/mol. The zero-order chi connectivity index (χ0) is 15.2. The molecule has 0 aromatic rings. The summed E-state index contributed by atoms with van der Waals surface area (Å²) >= 11 is 0. The van der Waals surface area contributed by atoms with E-state index in [1.807, 2.05) is 4.90 Å². The minimum Gasteiger partial charge on any atom is -0.379 e. The van der Waals surface area contributed by atoms with Crippen LogP contribution in [-0.2, 0) is 9.53 Å². The highest BCUT2D eigenvalue weighted by Crippen LogP contribution is 2.20. The minimum atomic E-state index is -0.328. The van der Waals surface area contributed by atoms with Crippen molar-refractivity contribution < 1.29 is 9.53 Å². The second-order valence-electron chi connectivity index (χ2n) is 6.59. The highest BCUT2D eigenvalue weighted by atomic mass is 16.5. The third-order valence-electron chi connectivity index (χ3n) is 5.09. The highest BCUT2D eigenvalue weighted by molar-refractivity contribution is 5.82. The lowest BCUT2D eigenvalue weighted by Gasteiger charge is -2.37. The molecule has 2 atom stereocenters. The summed E-state index contributed by atoms with van der Waals surface area (Å²) in [6.07, 6.45) is 3.17. The largest absolute Gasteiger partial charge is 0.379 e. The van der Waals surface area contributed by atoms with Gasteiger partial charge in [-0.3, -0.25) is 9.69 Å². The van der Waals surface area contributed by atoms with Crippen molar-refractivity contribution in [2.24, 2.45) is 17.6 Å². The zero-order valence-electron chi connectivity index (χ0n) is 13.6. The first-order valence-electron chi connectivity index (χ1n) is 8.46. The van der Waals surface area contributed by atoms with Crippen LogP contribution in [0.2, 0.25) is 0 Å². The summed E-state index contributed by atoms with van der Waals surface area (Å²) in [5.74, 6) is 1.13. The van der Waals surface area contributed by atoms with Gasteiger partial charge >= 0.3 is 0 Å². The Hall–Kier alpha value is -0.650. The Labute approximate surface area is 128 Å². The lowest BCUT2D eigenvalue weighted by molar-refractivity contribution is -0.135. The van der Waals surface area contributed by atoms with Crippen LogP contribution >= 0.6 is 0 Å². The fourth-order valence-electron chi connectivity index (χ4n) is 3.19. The molecular formula is C16H31N3O2. The van der Waals surface area contributed by atoms with E-state index in [1.165, 1.54) is 0 Å². The first-order valence-corrected chi connectivity index (χ1v) is 8.46. The molecule has 5 heteroatoms. The van der Waals surface area contributed by atoms with Crippen molar-refractivity contribution in [1.82, 2.24) is 9.80 Å². The average Bonchev–Trinajstić information content (AvgIpc) is 2.54. The Morgan fingerprint density at radius 2 is 1.86 bits per heavy atom. The second-order valence-corrected chi connectivity index (χ2v) is 6.59. The molecule has 0 saturated carbocycles. The van der Waals surface area contributed by atoms with Crippen LogP contribution in [0.5, 0.6) is 0 Å². The molecule has 1 amide bonds. The fraction of sp³-hybridized carbons (Fsp3) is 0.938. The van der Waals surface area contributed by atoms with Gasteiger partial charge in [0, 0.05) is 32.7 Å². The zero-order valence-corrected chi connectivity index (χ0v) is 13.6. The number of nitrogens with zero attached hydrogens (tertiary/aromatic N) is 2. The van der Waals surface area contributed by atoms with Crippen molar-refractivity contribution in [2.75, 3.05) is 45.9 Å². The number of ether oxygens (including phenoxy) is 1. The van der Waals surface area contributed by atoms with Gasteiger partial charge in [-0.15, -0.1) is 0 Å². The summed E-state index contributed by atoms with van der Waals surface area (Å²) in [6.45, 7) is 10.9. The summed E-state index contributed by atoms with van der Waals surface area (Å²) in [7, 11) is 0. The molecule has 2 heterocycles. The van der Waals surface area contributed by atoms with Gasteiger partial charge in [0.2, 0.25) is 5.91 Å². The molecule has 122 valence electrons. The number of hydrogen-bond donors (Lipinski definition) is 1. The number of piperidine rings is 1. The maximum absolute atomic E-state index is 12.4. The molecule has 0 aromatic heterocycles. The maximum Gasteiger partial charge on any atom is 0.239 e. The van der Waals surface area contributed by atoms with Crippen molar-refractivity contribution in [3.05, 3.63) is 0 Å². The predicted molar refractivity (Wildman–Crippen MR) is 84.0 cm³/mol. The van der Waals surface area contributed by atoms with E-state index in [0.29, 0.717) is 5.92 Å². The minimum absolute atomic E-state index is 0.147. The Kier molecular flexibility index (Phi) is 6.45. The maximum atomic E-state index is 12.4. The second kappa shape index (κ2) is 8.11. The van der Waals surface area contributed by atoms with Crippen LogP contribution in [0.1, 0.15) is 33.1 Å². The molecule has 0 radical (unpaired) electrons. The predicted octanol–water partition coefficient (Wildman–Crippen LogP) is 0.931. The molecule has 2 saturated heterocycles. The van der Waals surface area contributed by atoms with Gasteiger partial charge in [0.15, 0.2) is 0 Å². The van der Waals surface area contributed by atoms with E-state index in [1.54, 1.807) is 0 Å². The summed E-state index contributed by atoms with van der Waals surface area (Å²) in [6, 6.07) is -0.328. The summed E-state index contributed by atoms with van der Waals surface area (Å²) in [4.78, 5) is 16.8. The Balaban J connectivity index is 1.73. The van der Waals surface area contributed by atoms with E-state index in [4.69, 9.17) is 10.5 Å². The summed E-state index contributed by atoms with van der Waals surface area (Å²) in [5.41, 5.74) is 6.07. The van der Waals surface area contributed by atoms with Gasteiger partial charge in [-0.05, 0) is 24.7 Å². The van der Waals surface area contributed by atoms with E-state index in [0.717, 1.165) is 65.2 Å². The number of morpholine rings is 1. The van der Waals surface area contributed by atoms with E-state index < -0.39 is 0 Å². The standard InChI is InChI=1S/C16H31N3O2/c1-3-13(2)15(17)16(20)19-6-4-14(5-7-19)12-18-8-10-21-11-9-18/h13-15H,3-12,17H2,1-2H3. The van der Waals surface area contributed by atoms with Crippen molar-refractivity contribution >= 4 is 5.91 Å². The van der Waals surface area contributed by atoms with Gasteiger partial charge in [-0.25, -0.2) is 0 Å². The van der Waals surface area contributed by atoms with Gasteiger partial charge < -0.3 is 15.4 Å². The molecule has 0 aromatic carbocycles. The van der Waals surface area contributed by atoms with Gasteiger partial charge in [0.05, 0.1) is 19.3 Å². The molecule has 5 nitrogen and oxygen atoms in total. The lowest BCUT2D eigenvalue weighted by Crippen LogP contribution is -2.50. The normalized spacial score (nSPS) is 24.8. The van der Waals surface area contributed by atoms with Crippen LogP contribution < -0.4 is 5.73 Å². The molecule has 2 fully saturated rings. The van der Waals surface area contributed by atoms with Gasteiger partial charge in [-0.2, -0.15) is 0 Å². The third kappa shape index (κ3) is 4.66. The molecule has 2 aliphatic rings. The molecule has 0 bridgehead atoms. The Bertz CT molecular complexity index is 323. The number of rotatable bonds is 5. The van der Waals surface area contributed by atoms with Gasteiger partial charge in [0.25, 0.3) is 0 Å². The topological polar surface area (TPSA) is 58.8 Å². The first kappa shape index (κ1) is 16.7. The summed E-state index contributed by atoms with van der Waals surface area (Å²) in [5, 5.41) is 0. The van der Waals surface area contributed by atoms with Crippen LogP contribution in [0.4, 0.5) is 0 Å². The molecular weight excluding hydrogens is 266 g/mol. The molecule has 21 heavy (non-hydrogen) atoms. The quantitative estimate of drug-likeness (QED) is 0.820. The molecule has 2 rings (SSSR count). The fourth-order valence-corrected chi connectivity index (χ4v) is 3.19. The number of amides is 1. The monoisotopic (exact) mass is 297 g/mol. The van der Waals surface area contributed by atoms with E-state index in [9.17, 15) is 4.79 Å². The molecule has 0 aliphatic carbocycles. The number of carbonyl (C=O) groups excluding carboxylic acids is 1. The van der Waals surface area contributed by atoms with Crippen LogP contribution in [-0.4, -0.2) is 67.7 Å². The number of carbonyl (C=O) groups is 1. The van der Waals surface area contributed by atoms with Gasteiger partial charge in [-0.1, -0.05) is 20.3 Å². The third-order valence-corrected chi connectivity index (χ3v) is 5.09. The van der Waals surface area contributed by atoms with E-state index in [-0.39, 0.29) is 17.9 Å². The smallest absolute Gasteiger partial charge is 0.239 e. The number of nitrogens with two attached hydrogens (primary N) is 1. The number of hydrogen-bond acceptors (Lipinski definition) is 4. The van der Waals surface area contributed by atoms with E-state index in [2.05, 4.69) is 18.7 Å². The van der Waals surface area contributed by atoms with Crippen LogP contribution in [0.25, 0.3) is 0 Å². The van der Waals surface area contributed by atoms with Crippen molar-refractivity contribution in [2.45, 2.75) is 39.2 Å². The van der Waals surface area contributed by atoms with E-state index >= 15 is 0 Å². The van der Waals surface area contributed by atoms with Crippen LogP contribution in [0.15, 0.2) is 0 Å². The lowest BCUT2D eigenvalue weighted by atomic mass is 9.93. The molecule has 0 spiro atoms. The Morgan fingerprint density at radius 3 is 2.43 bits per heavy atom. The van der Waals surface area contributed by atoms with Gasteiger partial charge in [0.1, 0.15) is 0 Å². The molecule has 2 unspecified atom stereocenters. The highest BCUT2D eigenvalue weighted by Gasteiger charge is 2.29. The first-order chi connectivity index (χ1) is 10.1. The van der Waals surface area contributed by atoms with Crippen molar-refractivity contribution in [3.8, 4) is 0 Å². The van der Waals surface area contributed by atoms with Crippen LogP contribution in [0.3, 0.4) is 0 Å². The van der Waals surface area contributed by atoms with Crippen LogP contribution in [0, 0.1) is 11.8 Å². The molecule has 2 aliphatic heterocycles.